The summed E-state index contributed by atoms with van der Waals surface area (Å²) >= 11 is 0. The minimum absolute atomic E-state index is 0.102. The monoisotopic (exact) mass is 424 g/mol. The first-order chi connectivity index (χ1) is 14.0. The molecule has 0 unspecified atom stereocenters. The summed E-state index contributed by atoms with van der Waals surface area (Å²) in [6.07, 6.45) is 7.60. The molecule has 2 N–H and O–H groups in total. The molecule has 1 aromatic rings. The summed E-state index contributed by atoms with van der Waals surface area (Å²) in [7, 11) is -3.56. The molecule has 0 bridgehead atoms. The number of nitrogens with zero attached hydrogens (tertiary/aromatic N) is 1. The summed E-state index contributed by atoms with van der Waals surface area (Å²) in [6.45, 7) is 5.83. The number of carbonyl (C=O) groups excluding carboxylic acids is 1. The summed E-state index contributed by atoms with van der Waals surface area (Å²) in [5.41, 5.74) is 0.434. The van der Waals surface area contributed by atoms with Crippen LogP contribution >= 0.6 is 0 Å². The van der Waals surface area contributed by atoms with Crippen LogP contribution in [0.15, 0.2) is 23.1 Å². The van der Waals surface area contributed by atoms with Gasteiger partial charge in [0.2, 0.25) is 10.0 Å². The summed E-state index contributed by atoms with van der Waals surface area (Å²) in [6, 6.07) is 4.77. The number of anilines is 1. The van der Waals surface area contributed by atoms with Crippen molar-refractivity contribution >= 4 is 21.6 Å². The second-order valence-corrected chi connectivity index (χ2v) is 9.88. The maximum absolute atomic E-state index is 13.0. The Balaban J connectivity index is 1.76. The molecule has 1 aromatic carbocycles. The third-order valence-electron chi connectivity index (χ3n) is 5.70. The van der Waals surface area contributed by atoms with Gasteiger partial charge in [0.1, 0.15) is 5.75 Å². The van der Waals surface area contributed by atoms with Crippen molar-refractivity contribution in [2.24, 2.45) is 0 Å². The summed E-state index contributed by atoms with van der Waals surface area (Å²) in [5, 5.41) is 2.91. The van der Waals surface area contributed by atoms with Crippen LogP contribution in [0.3, 0.4) is 0 Å². The number of ether oxygens (including phenoxy) is 1. The molecule has 3 rings (SSSR count). The second-order valence-electron chi connectivity index (χ2n) is 7.94. The molecule has 0 aromatic heterocycles. The lowest BCUT2D eigenvalue weighted by Gasteiger charge is -2.26. The quantitative estimate of drug-likeness (QED) is 0.698. The number of nitrogens with one attached hydrogen (secondary N) is 2. The lowest BCUT2D eigenvalue weighted by Crippen LogP contribution is -3.12. The van der Waals surface area contributed by atoms with E-state index in [4.69, 9.17) is 4.74 Å². The van der Waals surface area contributed by atoms with E-state index in [0.717, 1.165) is 45.2 Å². The number of hydrogen-bond donors (Lipinski definition) is 2. The number of carbonyl (C=O) groups is 1. The third-order valence-corrected chi connectivity index (χ3v) is 7.59. The highest BCUT2D eigenvalue weighted by Gasteiger charge is 2.27. The number of amides is 1. The van der Waals surface area contributed by atoms with Crippen LogP contribution in [0.2, 0.25) is 0 Å². The maximum Gasteiger partial charge on any atom is 0.279 e. The Labute approximate surface area is 174 Å². The van der Waals surface area contributed by atoms with Crippen LogP contribution in [0.25, 0.3) is 0 Å². The number of rotatable bonds is 7. The van der Waals surface area contributed by atoms with Crippen LogP contribution in [0, 0.1) is 0 Å². The van der Waals surface area contributed by atoms with Gasteiger partial charge in [0.25, 0.3) is 5.91 Å². The number of quaternary nitrogens is 1. The van der Waals surface area contributed by atoms with E-state index in [0.29, 0.717) is 37.7 Å². The van der Waals surface area contributed by atoms with Crippen LogP contribution in [0.5, 0.6) is 5.75 Å². The van der Waals surface area contributed by atoms with Crippen LogP contribution in [-0.2, 0) is 14.8 Å². The van der Waals surface area contributed by atoms with Crippen molar-refractivity contribution in [1.29, 1.82) is 0 Å². The van der Waals surface area contributed by atoms with E-state index in [9.17, 15) is 13.2 Å². The minimum Gasteiger partial charge on any atom is -0.492 e. The Kier molecular flexibility index (Phi) is 7.91. The zero-order chi connectivity index (χ0) is 20.7. The first kappa shape index (κ1) is 22.1. The van der Waals surface area contributed by atoms with Gasteiger partial charge < -0.3 is 15.0 Å². The molecule has 2 aliphatic heterocycles. The summed E-state index contributed by atoms with van der Waals surface area (Å²) < 4.78 is 33.2. The van der Waals surface area contributed by atoms with E-state index in [1.54, 1.807) is 22.5 Å². The molecule has 1 amide bonds. The normalized spacial score (nSPS) is 19.5. The van der Waals surface area contributed by atoms with E-state index < -0.39 is 10.0 Å². The standard InChI is InChI=1S/C21H33N3O4S/c1-2-28-20-11-10-18(29(26,27)24-14-8-5-9-15-24)16-19(20)22-21(25)17-23-12-6-3-4-7-13-23/h10-11,16H,2-9,12-15,17H2,1H3,(H,22,25)/p+1. The number of sulfonamides is 1. The average molecular weight is 425 g/mol. The van der Waals surface area contributed by atoms with Crippen molar-refractivity contribution in [3.63, 3.8) is 0 Å². The van der Waals surface area contributed by atoms with E-state index in [2.05, 4.69) is 5.32 Å². The fraction of sp³-hybridized carbons (Fsp3) is 0.667. The molecule has 2 saturated heterocycles. The first-order valence-electron chi connectivity index (χ1n) is 10.9. The Morgan fingerprint density at radius 1 is 1.07 bits per heavy atom. The Morgan fingerprint density at radius 2 is 1.72 bits per heavy atom. The lowest BCUT2D eigenvalue weighted by atomic mass is 10.2. The molecule has 0 atom stereocenters. The van der Waals surface area contributed by atoms with Gasteiger partial charge >= 0.3 is 0 Å². The zero-order valence-electron chi connectivity index (χ0n) is 17.4. The molecule has 0 spiro atoms. The fourth-order valence-corrected chi connectivity index (χ4v) is 5.67. The highest BCUT2D eigenvalue weighted by Crippen LogP contribution is 2.30. The van der Waals surface area contributed by atoms with Crippen molar-refractivity contribution < 1.29 is 22.8 Å². The predicted octanol–water partition coefficient (Wildman–Crippen LogP) is 1.66. The van der Waals surface area contributed by atoms with Gasteiger partial charge in [-0.05, 0) is 63.6 Å². The Hall–Kier alpha value is -1.64. The molecule has 0 radical (unpaired) electrons. The van der Waals surface area contributed by atoms with E-state index in [1.165, 1.54) is 17.7 Å². The van der Waals surface area contributed by atoms with Crippen molar-refractivity contribution in [3.05, 3.63) is 18.2 Å². The molecule has 7 nitrogen and oxygen atoms in total. The van der Waals surface area contributed by atoms with Crippen molar-refractivity contribution in [2.75, 3.05) is 44.6 Å². The molecule has 2 fully saturated rings. The van der Waals surface area contributed by atoms with Gasteiger partial charge in [-0.3, -0.25) is 4.79 Å². The molecule has 2 aliphatic rings. The number of hydrogen-bond acceptors (Lipinski definition) is 4. The fourth-order valence-electron chi connectivity index (χ4n) is 4.13. The maximum atomic E-state index is 13.0. The van der Waals surface area contributed by atoms with E-state index >= 15 is 0 Å². The highest BCUT2D eigenvalue weighted by atomic mass is 32.2. The molecule has 0 aliphatic carbocycles. The van der Waals surface area contributed by atoms with Gasteiger partial charge in [-0.25, -0.2) is 8.42 Å². The molecule has 0 saturated carbocycles. The van der Waals surface area contributed by atoms with Gasteiger partial charge in [-0.2, -0.15) is 4.31 Å². The van der Waals surface area contributed by atoms with Crippen molar-refractivity contribution in [2.45, 2.75) is 56.8 Å². The lowest BCUT2D eigenvalue weighted by molar-refractivity contribution is -0.890. The molecular formula is C21H34N3O4S+. The molecule has 162 valence electrons. The average Bonchev–Trinajstić information content (AvgIpc) is 2.98. The highest BCUT2D eigenvalue weighted by molar-refractivity contribution is 7.89. The van der Waals surface area contributed by atoms with Crippen LogP contribution in [0.1, 0.15) is 51.9 Å². The smallest absolute Gasteiger partial charge is 0.279 e. The Bertz CT molecular complexity index is 783. The van der Waals surface area contributed by atoms with Gasteiger partial charge in [-0.1, -0.05) is 6.42 Å². The van der Waals surface area contributed by atoms with Crippen LogP contribution in [0.4, 0.5) is 5.69 Å². The van der Waals surface area contributed by atoms with Crippen molar-refractivity contribution in [3.8, 4) is 5.75 Å². The molecule has 29 heavy (non-hydrogen) atoms. The molecule has 8 heteroatoms. The SMILES string of the molecule is CCOc1ccc(S(=O)(=O)N2CCCCC2)cc1NC(=O)C[NH+]1CCCCCC1. The Morgan fingerprint density at radius 3 is 2.38 bits per heavy atom. The molecular weight excluding hydrogens is 390 g/mol. The van der Waals surface area contributed by atoms with Gasteiger partial charge in [0.05, 0.1) is 30.3 Å². The van der Waals surface area contributed by atoms with E-state index in [1.807, 2.05) is 6.92 Å². The summed E-state index contributed by atoms with van der Waals surface area (Å²) in [5.74, 6) is 0.402. The van der Waals surface area contributed by atoms with E-state index in [-0.39, 0.29) is 10.8 Å². The first-order valence-corrected chi connectivity index (χ1v) is 12.3. The third kappa shape index (κ3) is 5.93. The van der Waals surface area contributed by atoms with Crippen molar-refractivity contribution in [1.82, 2.24) is 4.31 Å². The number of benzene rings is 1. The predicted molar refractivity (Wildman–Crippen MR) is 113 cm³/mol. The second kappa shape index (κ2) is 10.4. The topological polar surface area (TPSA) is 80.2 Å². The summed E-state index contributed by atoms with van der Waals surface area (Å²) in [4.78, 5) is 14.2. The van der Waals surface area contributed by atoms with Crippen LogP contribution in [-0.4, -0.2) is 58.0 Å². The van der Waals surface area contributed by atoms with Gasteiger partial charge in [0.15, 0.2) is 6.54 Å². The minimum atomic E-state index is -3.56. The zero-order valence-corrected chi connectivity index (χ0v) is 18.2. The largest absolute Gasteiger partial charge is 0.492 e. The molecule has 2 heterocycles. The van der Waals surface area contributed by atoms with Gasteiger partial charge in [0, 0.05) is 13.1 Å². The number of piperidine rings is 1. The van der Waals surface area contributed by atoms with Gasteiger partial charge in [-0.15, -0.1) is 0 Å². The number of likely N-dealkylation sites (tertiary alicyclic amines) is 1. The van der Waals surface area contributed by atoms with Crippen LogP contribution < -0.4 is 15.0 Å².